The van der Waals surface area contributed by atoms with E-state index < -0.39 is 0 Å². The van der Waals surface area contributed by atoms with Gasteiger partial charge in [-0.25, -0.2) is 0 Å². The van der Waals surface area contributed by atoms with Crippen LogP contribution in [0.25, 0.3) is 173 Å². The maximum Gasteiger partial charge on any atom is 0.143 e. The number of hydrogen-bond acceptors (Lipinski definition) is 5. The van der Waals surface area contributed by atoms with E-state index in [9.17, 15) is 10.5 Å². The average Bonchev–Trinajstić information content (AvgIpc) is 1.57. The van der Waals surface area contributed by atoms with Crippen LogP contribution in [0.2, 0.25) is 0 Å². The van der Waals surface area contributed by atoms with Crippen molar-refractivity contribution in [2.45, 2.75) is 0 Å². The molecule has 0 aliphatic carbocycles. The van der Waals surface area contributed by atoms with Crippen molar-refractivity contribution in [3.8, 4) is 79.1 Å². The summed E-state index contributed by atoms with van der Waals surface area (Å²) in [5.41, 5.74) is 16.9. The van der Waals surface area contributed by atoms with Gasteiger partial charge < -0.3 is 13.6 Å². The normalized spacial score (nSPS) is 11.9. The van der Waals surface area contributed by atoms with Gasteiger partial charge in [0, 0.05) is 80.0 Å². The first-order valence-corrected chi connectivity index (χ1v) is 30.7. The van der Waals surface area contributed by atoms with Crippen LogP contribution in [-0.4, -0.2) is 9.13 Å². The summed E-state index contributed by atoms with van der Waals surface area (Å²) in [7, 11) is 0. The van der Waals surface area contributed by atoms with Crippen LogP contribution >= 0.6 is 22.7 Å². The lowest BCUT2D eigenvalue weighted by Crippen LogP contribution is -2.11. The van der Waals surface area contributed by atoms with Gasteiger partial charge in [0.05, 0.1) is 54.0 Å². The Kier molecular flexibility index (Phi) is 10.8. The topological polar surface area (TPSA) is 70.6 Å². The van der Waals surface area contributed by atoms with Crippen molar-refractivity contribution in [1.82, 2.24) is 9.13 Å². The third kappa shape index (κ3) is 7.10. The highest BCUT2D eigenvalue weighted by Gasteiger charge is 2.35. The molecule has 0 N–H and O–H groups in total. The van der Waals surface area contributed by atoms with Crippen LogP contribution in [0.4, 0.5) is 0 Å². The van der Waals surface area contributed by atoms with Crippen LogP contribution in [0.3, 0.4) is 0 Å². The first kappa shape index (κ1) is 49.1. The summed E-state index contributed by atoms with van der Waals surface area (Å²) < 4.78 is 16.1. The highest BCUT2D eigenvalue weighted by molar-refractivity contribution is 7.27. The second-order valence-electron chi connectivity index (χ2n) is 22.3. The van der Waals surface area contributed by atoms with Gasteiger partial charge in [-0.05, 0) is 81.4 Å². The molecule has 0 unspecified atom stereocenters. The van der Waals surface area contributed by atoms with E-state index in [1.807, 2.05) is 48.5 Å². The van der Waals surface area contributed by atoms with Crippen LogP contribution in [0, 0.1) is 22.7 Å². The number of benzene rings is 13. The number of furan rings is 1. The molecule has 18 rings (SSSR count). The number of fused-ring (bicyclic) bond motifs is 17. The van der Waals surface area contributed by atoms with Gasteiger partial charge in [-0.1, -0.05) is 224 Å². The van der Waals surface area contributed by atoms with Crippen molar-refractivity contribution in [1.29, 1.82) is 10.5 Å². The standard InChI is InChI=1S/C80H44N4OS2/c81-45-63-70(49-26-9-3-10-27-49)64(46-82)75(71(50-28-11-4-12-29-50)74(63)83-65-36-17-13-30-53(65)54-41-40-51(42-66(54)83)52-34-21-35-58-55-31-14-18-37-67(55)85-78(52)58)84-76-72(59(47-22-5-1-6-23-47)43-61-56-32-15-19-38-68(56)86-79(61)76)73-60(48-24-7-2-8-25-48)44-62-57-33-16-20-39-69(57)87-80(62)77(73)84/h1-44H. The molecule has 5 aromatic heterocycles. The van der Waals surface area contributed by atoms with Crippen molar-refractivity contribution >= 4 is 129 Å². The van der Waals surface area contributed by atoms with E-state index in [0.29, 0.717) is 28.1 Å². The molecule has 0 saturated carbocycles. The molecular formula is C80H44N4OS2. The lowest BCUT2D eigenvalue weighted by molar-refractivity contribution is 0.670. The molecule has 7 heteroatoms. The lowest BCUT2D eigenvalue weighted by Gasteiger charge is -2.26. The molecule has 13 aromatic carbocycles. The lowest BCUT2D eigenvalue weighted by atomic mass is 9.86. The molecule has 0 spiro atoms. The number of hydrogen-bond donors (Lipinski definition) is 0. The second kappa shape index (κ2) is 19.1. The molecule has 402 valence electrons. The van der Waals surface area contributed by atoms with Crippen LogP contribution in [0.1, 0.15) is 11.1 Å². The van der Waals surface area contributed by atoms with Gasteiger partial charge in [0.2, 0.25) is 0 Å². The maximum absolute atomic E-state index is 12.7. The van der Waals surface area contributed by atoms with Crippen molar-refractivity contribution < 1.29 is 4.42 Å². The number of para-hydroxylation sites is 3. The summed E-state index contributed by atoms with van der Waals surface area (Å²) in [6.45, 7) is 0. The van der Waals surface area contributed by atoms with Crippen molar-refractivity contribution in [2.24, 2.45) is 0 Å². The van der Waals surface area contributed by atoms with Gasteiger partial charge in [-0.2, -0.15) is 10.5 Å². The minimum absolute atomic E-state index is 0.391. The van der Waals surface area contributed by atoms with E-state index in [1.165, 1.54) is 9.40 Å². The van der Waals surface area contributed by atoms with E-state index in [0.717, 1.165) is 147 Å². The molecule has 5 heterocycles. The van der Waals surface area contributed by atoms with Crippen molar-refractivity contribution in [3.05, 3.63) is 278 Å². The Hall–Kier alpha value is -11.3. The predicted octanol–water partition coefficient (Wildman–Crippen LogP) is 22.6. The fourth-order valence-corrected chi connectivity index (χ4v) is 16.6. The van der Waals surface area contributed by atoms with Gasteiger partial charge in [0.15, 0.2) is 0 Å². The first-order valence-electron chi connectivity index (χ1n) is 29.1. The van der Waals surface area contributed by atoms with E-state index in [1.54, 1.807) is 22.7 Å². The SMILES string of the molecule is N#Cc1c(-c2ccccc2)c(C#N)c(-n2c3c4sc5ccccc5c4cc(-c4ccccc4)c3c3c(-c4ccccc4)cc4c5ccccc5sc4c32)c(-c2ccccc2)c1-n1c2ccccc2c2ccc(-c3cccc4c3oc3ccccc34)cc21. The second-order valence-corrected chi connectivity index (χ2v) is 24.4. The molecular weight excluding hydrogens is 1100 g/mol. The molecule has 87 heavy (non-hydrogen) atoms. The van der Waals surface area contributed by atoms with Gasteiger partial charge in [0.25, 0.3) is 0 Å². The Morgan fingerprint density at radius 3 is 1.36 bits per heavy atom. The summed E-state index contributed by atoms with van der Waals surface area (Å²) in [4.78, 5) is 0. The quantitative estimate of drug-likeness (QED) is 0.160. The van der Waals surface area contributed by atoms with E-state index in [-0.39, 0.29) is 0 Å². The largest absolute Gasteiger partial charge is 0.455 e. The monoisotopic (exact) mass is 1140 g/mol. The summed E-state index contributed by atoms with van der Waals surface area (Å²) in [5, 5.41) is 36.1. The van der Waals surface area contributed by atoms with Crippen molar-refractivity contribution in [3.63, 3.8) is 0 Å². The van der Waals surface area contributed by atoms with Gasteiger partial charge in [0.1, 0.15) is 23.3 Å². The van der Waals surface area contributed by atoms with E-state index in [2.05, 4.69) is 240 Å². The Morgan fingerprint density at radius 1 is 0.322 bits per heavy atom. The van der Waals surface area contributed by atoms with Crippen LogP contribution in [-0.2, 0) is 0 Å². The Morgan fingerprint density at radius 2 is 0.782 bits per heavy atom. The third-order valence-corrected chi connectivity index (χ3v) is 20.2. The Balaban J connectivity index is 1.13. The third-order valence-electron chi connectivity index (χ3n) is 17.8. The maximum atomic E-state index is 12.7. The summed E-state index contributed by atoms with van der Waals surface area (Å²) in [6, 6.07) is 100. The van der Waals surface area contributed by atoms with E-state index in [4.69, 9.17) is 4.42 Å². The summed E-state index contributed by atoms with van der Waals surface area (Å²) in [5.74, 6) is 0. The fraction of sp³-hybridized carbons (Fsp3) is 0. The highest BCUT2D eigenvalue weighted by Crippen LogP contribution is 2.56. The minimum Gasteiger partial charge on any atom is -0.455 e. The van der Waals surface area contributed by atoms with Gasteiger partial charge >= 0.3 is 0 Å². The Labute approximate surface area is 506 Å². The van der Waals surface area contributed by atoms with Crippen LogP contribution in [0.15, 0.2) is 271 Å². The van der Waals surface area contributed by atoms with Gasteiger partial charge in [-0.3, -0.25) is 0 Å². The summed E-state index contributed by atoms with van der Waals surface area (Å²) in [6.07, 6.45) is 0. The minimum atomic E-state index is 0.391. The smallest absolute Gasteiger partial charge is 0.143 e. The molecule has 0 amide bonds. The predicted molar refractivity (Wildman–Crippen MR) is 365 cm³/mol. The number of nitriles is 2. The zero-order chi connectivity index (χ0) is 57.4. The molecule has 0 saturated heterocycles. The van der Waals surface area contributed by atoms with E-state index >= 15 is 0 Å². The highest BCUT2D eigenvalue weighted by atomic mass is 32.1. The number of nitrogens with zero attached hydrogens (tertiary/aromatic N) is 4. The number of rotatable bonds is 7. The average molecular weight is 1140 g/mol. The molecule has 0 radical (unpaired) electrons. The first-order chi connectivity index (χ1) is 43.1. The number of thiophene rings is 2. The molecule has 18 aromatic rings. The zero-order valence-corrected chi connectivity index (χ0v) is 48.1. The van der Waals surface area contributed by atoms with Crippen LogP contribution < -0.4 is 0 Å². The molecule has 5 nitrogen and oxygen atoms in total. The van der Waals surface area contributed by atoms with Crippen molar-refractivity contribution in [2.75, 3.05) is 0 Å². The Bertz CT molecular complexity index is 5840. The molecule has 0 aliphatic rings. The molecule has 0 atom stereocenters. The summed E-state index contributed by atoms with van der Waals surface area (Å²) >= 11 is 3.59. The molecule has 0 aliphatic heterocycles. The van der Waals surface area contributed by atoms with Gasteiger partial charge in [-0.15, -0.1) is 22.7 Å². The molecule has 0 fully saturated rings. The fourth-order valence-electron chi connectivity index (χ4n) is 14.2. The number of aromatic nitrogens is 2. The molecule has 0 bridgehead atoms. The van der Waals surface area contributed by atoms with Crippen LogP contribution in [0.5, 0.6) is 0 Å². The zero-order valence-electron chi connectivity index (χ0n) is 46.4.